The molecule has 0 aromatic carbocycles. The van der Waals surface area contributed by atoms with Crippen molar-refractivity contribution < 1.29 is 10.2 Å². The van der Waals surface area contributed by atoms with Crippen LogP contribution in [0.15, 0.2) is 58.4 Å². The van der Waals surface area contributed by atoms with E-state index in [1.54, 1.807) is 38.4 Å². The molecule has 0 radical (unpaired) electrons. The minimum absolute atomic E-state index is 0.0402. The SMILES string of the molecule is Cc1cnc(Cl)cc1-n1c(C)cc(O)cc1=O.Cc1cnc(Cl)cc1-n1c(C)cc(O)cc1=O. The number of hydrogen-bond acceptors (Lipinski definition) is 6. The molecule has 0 fully saturated rings. The Balaban J connectivity index is 0.000000191. The van der Waals surface area contributed by atoms with Gasteiger partial charge in [-0.2, -0.15) is 0 Å². The molecule has 4 aromatic heterocycles. The van der Waals surface area contributed by atoms with Crippen LogP contribution in [-0.4, -0.2) is 29.3 Å². The van der Waals surface area contributed by atoms with Gasteiger partial charge in [0.2, 0.25) is 0 Å². The smallest absolute Gasteiger partial charge is 0.258 e. The third-order valence-corrected chi connectivity index (χ3v) is 5.38. The minimum atomic E-state index is -0.298. The summed E-state index contributed by atoms with van der Waals surface area (Å²) in [7, 11) is 0. The van der Waals surface area contributed by atoms with Crippen molar-refractivity contribution in [2.45, 2.75) is 27.7 Å². The lowest BCUT2D eigenvalue weighted by Crippen LogP contribution is -2.20. The van der Waals surface area contributed by atoms with E-state index in [-0.39, 0.29) is 22.6 Å². The molecule has 8 nitrogen and oxygen atoms in total. The van der Waals surface area contributed by atoms with Crippen molar-refractivity contribution in [1.82, 2.24) is 19.1 Å². The van der Waals surface area contributed by atoms with Gasteiger partial charge in [-0.25, -0.2) is 9.97 Å². The lowest BCUT2D eigenvalue weighted by Gasteiger charge is -2.12. The zero-order chi connectivity index (χ0) is 25.2. The third-order valence-electron chi connectivity index (χ3n) is 4.97. The Morgan fingerprint density at radius 3 is 1.32 bits per heavy atom. The molecular formula is C24H22Cl2N4O4. The standard InChI is InChI=1S/2C12H11ClN2O2/c2*1-7-6-14-11(13)5-10(7)15-8(2)3-9(16)4-12(15)17/h2*3-6,16H,1-2H3. The molecule has 0 amide bonds. The fraction of sp³-hybridized carbons (Fsp3) is 0.167. The Morgan fingerprint density at radius 2 is 1.00 bits per heavy atom. The van der Waals surface area contributed by atoms with Gasteiger partial charge in [0, 0.05) is 35.9 Å². The van der Waals surface area contributed by atoms with Gasteiger partial charge in [0.05, 0.1) is 11.4 Å². The molecular weight excluding hydrogens is 479 g/mol. The molecule has 0 aliphatic carbocycles. The Kier molecular flexibility index (Phi) is 7.44. The summed E-state index contributed by atoms with van der Waals surface area (Å²) < 4.78 is 2.98. The maximum Gasteiger partial charge on any atom is 0.258 e. The van der Waals surface area contributed by atoms with Crippen LogP contribution in [0.25, 0.3) is 11.4 Å². The van der Waals surface area contributed by atoms with Crippen LogP contribution >= 0.6 is 23.2 Å². The number of aromatic hydroxyl groups is 2. The van der Waals surface area contributed by atoms with Crippen molar-refractivity contribution in [3.8, 4) is 22.9 Å². The van der Waals surface area contributed by atoms with Gasteiger partial charge in [-0.15, -0.1) is 0 Å². The van der Waals surface area contributed by atoms with Crippen LogP contribution in [0.3, 0.4) is 0 Å². The van der Waals surface area contributed by atoms with Crippen molar-refractivity contribution in [3.63, 3.8) is 0 Å². The molecule has 0 aliphatic heterocycles. The number of aromatic nitrogens is 4. The highest BCUT2D eigenvalue weighted by Crippen LogP contribution is 2.20. The Bertz CT molecular complexity index is 1380. The molecule has 4 heterocycles. The van der Waals surface area contributed by atoms with Gasteiger partial charge in [0.15, 0.2) is 0 Å². The summed E-state index contributed by atoms with van der Waals surface area (Å²) in [6.45, 7) is 7.18. The average Bonchev–Trinajstić information content (AvgIpc) is 2.72. The van der Waals surface area contributed by atoms with Crippen LogP contribution in [0.2, 0.25) is 10.3 Å². The first kappa shape index (κ1) is 25.0. The molecule has 176 valence electrons. The third kappa shape index (κ3) is 5.47. The fourth-order valence-electron chi connectivity index (χ4n) is 3.45. The highest BCUT2D eigenvalue weighted by Gasteiger charge is 2.10. The zero-order valence-electron chi connectivity index (χ0n) is 18.9. The number of halogens is 2. The highest BCUT2D eigenvalue weighted by atomic mass is 35.5. The normalized spacial score (nSPS) is 10.5. The summed E-state index contributed by atoms with van der Waals surface area (Å²) in [4.78, 5) is 31.6. The summed E-state index contributed by atoms with van der Waals surface area (Å²) in [6.07, 6.45) is 3.22. The molecule has 10 heteroatoms. The molecule has 0 saturated carbocycles. The van der Waals surface area contributed by atoms with E-state index in [0.717, 1.165) is 11.1 Å². The average molecular weight is 501 g/mol. The first-order chi connectivity index (χ1) is 16.0. The van der Waals surface area contributed by atoms with Crippen LogP contribution in [0, 0.1) is 27.7 Å². The Labute approximate surface area is 205 Å². The first-order valence-corrected chi connectivity index (χ1v) is 10.8. The molecule has 4 aromatic rings. The van der Waals surface area contributed by atoms with Gasteiger partial charge in [-0.1, -0.05) is 23.2 Å². The van der Waals surface area contributed by atoms with E-state index in [1.807, 2.05) is 13.8 Å². The van der Waals surface area contributed by atoms with Crippen LogP contribution < -0.4 is 11.1 Å². The van der Waals surface area contributed by atoms with Crippen molar-refractivity contribution in [2.75, 3.05) is 0 Å². The Morgan fingerprint density at radius 1 is 0.647 bits per heavy atom. The summed E-state index contributed by atoms with van der Waals surface area (Å²) in [5, 5.41) is 19.3. The zero-order valence-corrected chi connectivity index (χ0v) is 20.4. The summed E-state index contributed by atoms with van der Waals surface area (Å²) >= 11 is 11.7. The number of rotatable bonds is 2. The van der Waals surface area contributed by atoms with Crippen molar-refractivity contribution >= 4 is 23.2 Å². The van der Waals surface area contributed by atoms with Crippen LogP contribution in [0.4, 0.5) is 0 Å². The lowest BCUT2D eigenvalue weighted by molar-refractivity contribution is 0.471. The maximum absolute atomic E-state index is 11.9. The largest absolute Gasteiger partial charge is 0.508 e. The maximum atomic E-state index is 11.9. The second kappa shape index (κ2) is 10.1. The van der Waals surface area contributed by atoms with E-state index in [9.17, 15) is 19.8 Å². The number of pyridine rings is 4. The lowest BCUT2D eigenvalue weighted by atomic mass is 10.2. The minimum Gasteiger partial charge on any atom is -0.508 e. The van der Waals surface area contributed by atoms with E-state index in [2.05, 4.69) is 9.97 Å². The van der Waals surface area contributed by atoms with Gasteiger partial charge in [-0.05, 0) is 63.1 Å². The highest BCUT2D eigenvalue weighted by molar-refractivity contribution is 6.29. The summed E-state index contributed by atoms with van der Waals surface area (Å²) in [5.74, 6) is -0.0805. The van der Waals surface area contributed by atoms with Gasteiger partial charge >= 0.3 is 0 Å². The number of aryl methyl sites for hydroxylation is 4. The summed E-state index contributed by atoms with van der Waals surface area (Å²) in [6, 6.07) is 8.64. The first-order valence-electron chi connectivity index (χ1n) is 10.1. The predicted octanol–water partition coefficient (Wildman–Crippen LogP) is 4.42. The predicted molar refractivity (Wildman–Crippen MR) is 132 cm³/mol. The molecule has 0 aliphatic rings. The van der Waals surface area contributed by atoms with Crippen molar-refractivity contribution in [1.29, 1.82) is 0 Å². The van der Waals surface area contributed by atoms with Crippen LogP contribution in [0.5, 0.6) is 11.5 Å². The van der Waals surface area contributed by atoms with Crippen LogP contribution in [-0.2, 0) is 0 Å². The topological polar surface area (TPSA) is 110 Å². The van der Waals surface area contributed by atoms with Crippen molar-refractivity contribution in [3.05, 3.63) is 102 Å². The summed E-state index contributed by atoms with van der Waals surface area (Å²) in [5.41, 5.74) is 3.71. The molecule has 0 unspecified atom stereocenters. The molecule has 0 saturated heterocycles. The second-order valence-corrected chi connectivity index (χ2v) is 8.42. The number of nitrogens with zero attached hydrogens (tertiary/aromatic N) is 4. The monoisotopic (exact) mass is 500 g/mol. The van der Waals surface area contributed by atoms with Gasteiger partial charge in [-0.3, -0.25) is 18.7 Å². The second-order valence-electron chi connectivity index (χ2n) is 7.64. The fourth-order valence-corrected chi connectivity index (χ4v) is 3.75. The molecule has 4 rings (SSSR count). The Hall–Kier alpha value is -3.62. The molecule has 0 spiro atoms. The van der Waals surface area contributed by atoms with E-state index >= 15 is 0 Å². The van der Waals surface area contributed by atoms with Crippen LogP contribution in [0.1, 0.15) is 22.5 Å². The van der Waals surface area contributed by atoms with Gasteiger partial charge in [0.1, 0.15) is 21.8 Å². The molecule has 0 bridgehead atoms. The quantitative estimate of drug-likeness (QED) is 0.394. The molecule has 0 atom stereocenters. The van der Waals surface area contributed by atoms with E-state index in [1.165, 1.54) is 33.4 Å². The van der Waals surface area contributed by atoms with E-state index in [4.69, 9.17) is 23.2 Å². The molecule has 2 N–H and O–H groups in total. The van der Waals surface area contributed by atoms with E-state index < -0.39 is 0 Å². The van der Waals surface area contributed by atoms with Gasteiger partial charge < -0.3 is 10.2 Å². The number of hydrogen-bond donors (Lipinski definition) is 2. The van der Waals surface area contributed by atoms with Gasteiger partial charge in [0.25, 0.3) is 11.1 Å². The van der Waals surface area contributed by atoms with Crippen molar-refractivity contribution in [2.24, 2.45) is 0 Å². The molecule has 34 heavy (non-hydrogen) atoms. The van der Waals surface area contributed by atoms with E-state index in [0.29, 0.717) is 33.1 Å².